The largest absolute Gasteiger partial charge is 1.00 e. The van der Waals surface area contributed by atoms with Crippen molar-refractivity contribution in [2.45, 2.75) is 0 Å². The van der Waals surface area contributed by atoms with Gasteiger partial charge in [-0.05, 0) is 22.9 Å². The molecule has 10 nitrogen and oxygen atoms in total. The standard InChI is InChI=1S/C24H22N4O2.Ag.NO3/c1-27(23(29)21-19-9-5-3-7-17(19)11-13-25-21)15-16-28(2)24(30)22-20-10-6-4-8-18(20)12-14-26-22;;2-1(3)4/h3-14H,15-16H2,1-2H3;;/q;+1;-1. The SMILES string of the molecule is CN(CCN(C)C(=O)c1nccc2ccccc12)C(=O)c1nccc2ccccc12.O=[N+]([O-])[O-].[Ag+]. The number of nitrogens with zero attached hydrogens (tertiary/aromatic N) is 5. The van der Waals surface area contributed by atoms with E-state index in [4.69, 9.17) is 15.3 Å². The molecule has 0 atom stereocenters. The van der Waals surface area contributed by atoms with Gasteiger partial charge in [0.05, 0.1) is 5.09 Å². The predicted molar refractivity (Wildman–Crippen MR) is 128 cm³/mol. The van der Waals surface area contributed by atoms with Crippen LogP contribution in [0.15, 0.2) is 73.1 Å². The molecule has 4 aromatic rings. The van der Waals surface area contributed by atoms with Gasteiger partial charge in [-0.25, -0.2) is 0 Å². The number of carbonyl (C=O) groups excluding carboxylic acids is 2. The Morgan fingerprint density at radius 1 is 0.743 bits per heavy atom. The number of rotatable bonds is 5. The van der Waals surface area contributed by atoms with Crippen molar-refractivity contribution in [3.8, 4) is 0 Å². The Kier molecular flexibility index (Phi) is 9.83. The number of aromatic nitrogens is 2. The molecule has 0 bridgehead atoms. The van der Waals surface area contributed by atoms with Crippen molar-refractivity contribution >= 4 is 33.4 Å². The van der Waals surface area contributed by atoms with Crippen LogP contribution in [-0.2, 0) is 22.4 Å². The Balaban J connectivity index is 0.000000804. The fourth-order valence-corrected chi connectivity index (χ4v) is 3.44. The maximum Gasteiger partial charge on any atom is 1.00 e. The molecule has 0 radical (unpaired) electrons. The van der Waals surface area contributed by atoms with E-state index in [-0.39, 0.29) is 34.2 Å². The van der Waals surface area contributed by atoms with Gasteiger partial charge in [-0.15, -0.1) is 0 Å². The summed E-state index contributed by atoms with van der Waals surface area (Å²) >= 11 is 0. The minimum atomic E-state index is -1.75. The molecule has 2 amide bonds. The summed E-state index contributed by atoms with van der Waals surface area (Å²) in [4.78, 5) is 45.9. The molecule has 0 fully saturated rings. The quantitative estimate of drug-likeness (QED) is 0.205. The molecule has 11 heteroatoms. The molecule has 184 valence electrons. The van der Waals surface area contributed by atoms with E-state index in [1.165, 1.54) is 0 Å². The zero-order chi connectivity index (χ0) is 24.7. The van der Waals surface area contributed by atoms with E-state index in [2.05, 4.69) is 9.97 Å². The first-order valence-electron chi connectivity index (χ1n) is 10.3. The van der Waals surface area contributed by atoms with Gasteiger partial charge in [-0.3, -0.25) is 19.6 Å². The van der Waals surface area contributed by atoms with Gasteiger partial charge in [-0.1, -0.05) is 48.5 Å². The molecule has 0 aliphatic carbocycles. The molecular weight excluding hydrogens is 546 g/mol. The summed E-state index contributed by atoms with van der Waals surface area (Å²) in [6, 6.07) is 19.1. The summed E-state index contributed by atoms with van der Waals surface area (Å²) in [6.07, 6.45) is 3.29. The van der Waals surface area contributed by atoms with Gasteiger partial charge in [0.25, 0.3) is 11.8 Å². The van der Waals surface area contributed by atoms with Crippen LogP contribution in [0.1, 0.15) is 21.0 Å². The van der Waals surface area contributed by atoms with E-state index in [1.807, 2.05) is 60.7 Å². The number of hydrogen-bond acceptors (Lipinski definition) is 7. The van der Waals surface area contributed by atoms with Gasteiger partial charge in [0, 0.05) is 50.4 Å². The minimum absolute atomic E-state index is 0. The fraction of sp³-hybridized carbons (Fsp3) is 0.167. The molecule has 2 aromatic carbocycles. The summed E-state index contributed by atoms with van der Waals surface area (Å²) < 4.78 is 0. The molecule has 0 saturated heterocycles. The smallest absolute Gasteiger partial charge is 0.356 e. The number of fused-ring (bicyclic) bond motifs is 2. The summed E-state index contributed by atoms with van der Waals surface area (Å²) in [5.41, 5.74) is 0.834. The van der Waals surface area contributed by atoms with E-state index in [1.54, 1.807) is 36.3 Å². The second-order valence-electron chi connectivity index (χ2n) is 7.44. The predicted octanol–water partition coefficient (Wildman–Crippen LogP) is 3.39. The first kappa shape index (κ1) is 27.4. The Morgan fingerprint density at radius 2 is 1.09 bits per heavy atom. The third-order valence-corrected chi connectivity index (χ3v) is 5.22. The van der Waals surface area contributed by atoms with Crippen LogP contribution in [0.5, 0.6) is 0 Å². The van der Waals surface area contributed by atoms with Crippen molar-refractivity contribution in [1.82, 2.24) is 19.8 Å². The Morgan fingerprint density at radius 3 is 1.46 bits per heavy atom. The Bertz CT molecular complexity index is 1240. The maximum absolute atomic E-state index is 12.9. The van der Waals surface area contributed by atoms with Gasteiger partial charge in [0.15, 0.2) is 0 Å². The van der Waals surface area contributed by atoms with Crippen LogP contribution in [0.4, 0.5) is 0 Å². The summed E-state index contributed by atoms with van der Waals surface area (Å²) in [5.74, 6) is -0.341. The van der Waals surface area contributed by atoms with Gasteiger partial charge in [0.1, 0.15) is 11.4 Å². The molecule has 35 heavy (non-hydrogen) atoms. The molecule has 2 aromatic heterocycles. The monoisotopic (exact) mass is 567 g/mol. The third kappa shape index (κ3) is 6.82. The molecule has 0 aliphatic heterocycles. The summed E-state index contributed by atoms with van der Waals surface area (Å²) in [6.45, 7) is 0.771. The third-order valence-electron chi connectivity index (χ3n) is 5.22. The number of pyridine rings is 2. The molecule has 0 N–H and O–H groups in total. The van der Waals surface area contributed by atoms with Crippen molar-refractivity contribution in [2.75, 3.05) is 27.2 Å². The van der Waals surface area contributed by atoms with Gasteiger partial charge >= 0.3 is 22.4 Å². The van der Waals surface area contributed by atoms with Crippen molar-refractivity contribution in [3.05, 3.63) is 99.8 Å². The first-order chi connectivity index (χ1) is 16.3. The maximum atomic E-state index is 12.9. The zero-order valence-electron chi connectivity index (χ0n) is 18.9. The van der Waals surface area contributed by atoms with Crippen molar-refractivity contribution in [3.63, 3.8) is 0 Å². The van der Waals surface area contributed by atoms with E-state index in [0.717, 1.165) is 21.5 Å². The van der Waals surface area contributed by atoms with Crippen LogP contribution in [-0.4, -0.2) is 63.9 Å². The number of amides is 2. The van der Waals surface area contributed by atoms with Crippen LogP contribution in [0.3, 0.4) is 0 Å². The second kappa shape index (κ2) is 12.6. The fourth-order valence-electron chi connectivity index (χ4n) is 3.44. The zero-order valence-corrected chi connectivity index (χ0v) is 20.4. The van der Waals surface area contributed by atoms with E-state index in [0.29, 0.717) is 24.5 Å². The molecule has 0 spiro atoms. The molecular formula is C24H22AgN5O5. The van der Waals surface area contributed by atoms with Crippen molar-refractivity contribution in [2.24, 2.45) is 0 Å². The number of likely N-dealkylation sites (N-methyl/N-ethyl adjacent to an activating group) is 2. The normalized spacial score (nSPS) is 10.0. The molecule has 0 unspecified atom stereocenters. The number of benzene rings is 2. The van der Waals surface area contributed by atoms with Crippen molar-refractivity contribution in [1.29, 1.82) is 0 Å². The topological polar surface area (TPSA) is 133 Å². The molecule has 2 heterocycles. The Hall–Kier alpha value is -3.86. The van der Waals surface area contributed by atoms with Gasteiger partial charge < -0.3 is 25.1 Å². The second-order valence-corrected chi connectivity index (χ2v) is 7.44. The van der Waals surface area contributed by atoms with E-state index >= 15 is 0 Å². The van der Waals surface area contributed by atoms with E-state index < -0.39 is 5.09 Å². The summed E-state index contributed by atoms with van der Waals surface area (Å²) in [7, 11) is 3.44. The molecule has 0 aliphatic rings. The molecule has 4 rings (SSSR count). The van der Waals surface area contributed by atoms with Crippen molar-refractivity contribution < 1.29 is 37.1 Å². The van der Waals surface area contributed by atoms with Gasteiger partial charge in [-0.2, -0.15) is 0 Å². The average molecular weight is 568 g/mol. The van der Waals surface area contributed by atoms with Crippen LogP contribution in [0.25, 0.3) is 21.5 Å². The van der Waals surface area contributed by atoms with Crippen LogP contribution in [0, 0.1) is 15.3 Å². The van der Waals surface area contributed by atoms with Crippen LogP contribution in [0.2, 0.25) is 0 Å². The van der Waals surface area contributed by atoms with Gasteiger partial charge in [0.2, 0.25) is 0 Å². The number of hydrogen-bond donors (Lipinski definition) is 0. The number of carbonyl (C=O) groups is 2. The average Bonchev–Trinajstić information content (AvgIpc) is 2.85. The van der Waals surface area contributed by atoms with Crippen LogP contribution < -0.4 is 0 Å². The van der Waals surface area contributed by atoms with Crippen LogP contribution >= 0.6 is 0 Å². The Labute approximate surface area is 216 Å². The molecule has 0 saturated carbocycles. The van der Waals surface area contributed by atoms with E-state index in [9.17, 15) is 9.59 Å². The minimum Gasteiger partial charge on any atom is -0.356 e. The summed E-state index contributed by atoms with van der Waals surface area (Å²) in [5, 5.41) is 18.3. The first-order valence-corrected chi connectivity index (χ1v) is 10.3.